The Morgan fingerprint density at radius 3 is 2.11 bits per heavy atom. The number of hydrogen-bond acceptors (Lipinski definition) is 3. The summed E-state index contributed by atoms with van der Waals surface area (Å²) in [5.74, 6) is 1.43. The van der Waals surface area contributed by atoms with Crippen LogP contribution < -0.4 is 14.8 Å². The zero-order chi connectivity index (χ0) is 19.1. The van der Waals surface area contributed by atoms with Crippen LogP contribution in [0.3, 0.4) is 0 Å². The minimum Gasteiger partial charge on any atom is -0.497 e. The molecule has 0 aliphatic rings. The summed E-state index contributed by atoms with van der Waals surface area (Å²) in [4.78, 5) is 12.8. The minimum absolute atomic E-state index is 0.0656. The number of carbonyl (C=O) groups excluding carboxylic acids is 1. The fraction of sp³-hybridized carbons (Fsp3) is 0.174. The summed E-state index contributed by atoms with van der Waals surface area (Å²) >= 11 is 0. The second-order valence-corrected chi connectivity index (χ2v) is 6.17. The van der Waals surface area contributed by atoms with E-state index in [1.807, 2.05) is 78.9 Å². The zero-order valence-corrected chi connectivity index (χ0v) is 15.5. The summed E-state index contributed by atoms with van der Waals surface area (Å²) in [6.45, 7) is 0. The van der Waals surface area contributed by atoms with Gasteiger partial charge in [0, 0.05) is 5.56 Å². The molecule has 4 heteroatoms. The quantitative estimate of drug-likeness (QED) is 0.688. The molecule has 4 nitrogen and oxygen atoms in total. The van der Waals surface area contributed by atoms with Gasteiger partial charge < -0.3 is 14.8 Å². The first-order chi connectivity index (χ1) is 13.2. The lowest BCUT2D eigenvalue weighted by Crippen LogP contribution is -2.30. The molecule has 0 spiro atoms. The second kappa shape index (κ2) is 8.90. The highest BCUT2D eigenvalue weighted by Gasteiger charge is 2.18. The Balaban J connectivity index is 1.83. The average Bonchev–Trinajstić information content (AvgIpc) is 2.73. The van der Waals surface area contributed by atoms with Crippen molar-refractivity contribution in [1.29, 1.82) is 0 Å². The largest absolute Gasteiger partial charge is 0.497 e. The van der Waals surface area contributed by atoms with Crippen LogP contribution in [0.15, 0.2) is 78.9 Å². The van der Waals surface area contributed by atoms with Gasteiger partial charge in [0.25, 0.3) is 0 Å². The van der Waals surface area contributed by atoms with Crippen molar-refractivity contribution >= 4 is 5.91 Å². The molecule has 1 N–H and O–H groups in total. The molecule has 3 aromatic rings. The Morgan fingerprint density at radius 1 is 0.815 bits per heavy atom. The van der Waals surface area contributed by atoms with Gasteiger partial charge in [0.1, 0.15) is 11.5 Å². The Bertz CT molecular complexity index is 876. The molecule has 138 valence electrons. The number of ether oxygens (including phenoxy) is 2. The van der Waals surface area contributed by atoms with Gasteiger partial charge in [0.05, 0.1) is 26.7 Å². The van der Waals surface area contributed by atoms with E-state index in [0.717, 1.165) is 22.4 Å². The van der Waals surface area contributed by atoms with Gasteiger partial charge >= 0.3 is 0 Å². The lowest BCUT2D eigenvalue weighted by Gasteiger charge is -2.20. The molecule has 0 heterocycles. The van der Waals surface area contributed by atoms with E-state index in [1.165, 1.54) is 0 Å². The summed E-state index contributed by atoms with van der Waals surface area (Å²) < 4.78 is 10.6. The molecule has 0 saturated heterocycles. The molecule has 27 heavy (non-hydrogen) atoms. The first kappa shape index (κ1) is 18.5. The number of methoxy groups -OCH3 is 2. The predicted molar refractivity (Wildman–Crippen MR) is 106 cm³/mol. The van der Waals surface area contributed by atoms with E-state index in [-0.39, 0.29) is 18.4 Å². The molecule has 0 fully saturated rings. The van der Waals surface area contributed by atoms with Crippen LogP contribution in [0.5, 0.6) is 11.5 Å². The monoisotopic (exact) mass is 361 g/mol. The average molecular weight is 361 g/mol. The van der Waals surface area contributed by atoms with Crippen LogP contribution in [0.25, 0.3) is 0 Å². The van der Waals surface area contributed by atoms with Crippen molar-refractivity contribution in [3.8, 4) is 11.5 Å². The molecule has 0 aliphatic carbocycles. The maximum absolute atomic E-state index is 12.8. The van der Waals surface area contributed by atoms with Crippen LogP contribution in [0.1, 0.15) is 22.7 Å². The van der Waals surface area contributed by atoms with Crippen LogP contribution in [-0.2, 0) is 11.2 Å². The third kappa shape index (κ3) is 4.67. The van der Waals surface area contributed by atoms with Gasteiger partial charge in [-0.25, -0.2) is 0 Å². The van der Waals surface area contributed by atoms with Gasteiger partial charge in [-0.1, -0.05) is 60.7 Å². The van der Waals surface area contributed by atoms with Crippen LogP contribution >= 0.6 is 0 Å². The number of rotatable bonds is 7. The van der Waals surface area contributed by atoms with Crippen LogP contribution in [-0.4, -0.2) is 20.1 Å². The van der Waals surface area contributed by atoms with Crippen molar-refractivity contribution in [1.82, 2.24) is 5.32 Å². The van der Waals surface area contributed by atoms with Crippen molar-refractivity contribution in [3.05, 3.63) is 95.6 Å². The molecule has 0 unspecified atom stereocenters. The van der Waals surface area contributed by atoms with E-state index >= 15 is 0 Å². The Labute approximate surface area is 159 Å². The van der Waals surface area contributed by atoms with E-state index in [4.69, 9.17) is 9.47 Å². The molecule has 0 bridgehead atoms. The molecular weight excluding hydrogens is 338 g/mol. The number of benzene rings is 3. The summed E-state index contributed by atoms with van der Waals surface area (Å²) in [6, 6.07) is 25.0. The first-order valence-corrected chi connectivity index (χ1v) is 8.81. The summed E-state index contributed by atoms with van der Waals surface area (Å²) in [5.41, 5.74) is 2.88. The van der Waals surface area contributed by atoms with Gasteiger partial charge in [-0.3, -0.25) is 4.79 Å². The van der Waals surface area contributed by atoms with Crippen LogP contribution in [0.2, 0.25) is 0 Å². The smallest absolute Gasteiger partial charge is 0.225 e. The van der Waals surface area contributed by atoms with E-state index in [1.54, 1.807) is 14.2 Å². The third-order valence-corrected chi connectivity index (χ3v) is 4.43. The van der Waals surface area contributed by atoms with Crippen LogP contribution in [0.4, 0.5) is 0 Å². The van der Waals surface area contributed by atoms with Crippen molar-refractivity contribution in [2.45, 2.75) is 12.5 Å². The van der Waals surface area contributed by atoms with Crippen LogP contribution in [0, 0.1) is 0 Å². The minimum atomic E-state index is -0.237. The molecule has 0 saturated carbocycles. The van der Waals surface area contributed by atoms with E-state index in [2.05, 4.69) is 5.32 Å². The topological polar surface area (TPSA) is 47.6 Å². The molecule has 1 amide bonds. The lowest BCUT2D eigenvalue weighted by molar-refractivity contribution is -0.121. The highest BCUT2D eigenvalue weighted by atomic mass is 16.5. The maximum Gasteiger partial charge on any atom is 0.225 e. The number of amides is 1. The highest BCUT2D eigenvalue weighted by molar-refractivity contribution is 5.80. The van der Waals surface area contributed by atoms with E-state index in [0.29, 0.717) is 5.75 Å². The molecule has 0 radical (unpaired) electrons. The summed E-state index contributed by atoms with van der Waals surface area (Å²) in [5, 5.41) is 3.15. The second-order valence-electron chi connectivity index (χ2n) is 6.17. The van der Waals surface area contributed by atoms with Gasteiger partial charge in [-0.2, -0.15) is 0 Å². The van der Waals surface area contributed by atoms with Crippen molar-refractivity contribution in [2.24, 2.45) is 0 Å². The normalized spacial score (nSPS) is 11.5. The number of para-hydroxylation sites is 1. The van der Waals surface area contributed by atoms with Crippen molar-refractivity contribution in [3.63, 3.8) is 0 Å². The van der Waals surface area contributed by atoms with Gasteiger partial charge in [-0.15, -0.1) is 0 Å². The molecule has 1 atom stereocenters. The fourth-order valence-corrected chi connectivity index (χ4v) is 3.03. The number of hydrogen-bond donors (Lipinski definition) is 1. The molecular formula is C23H23NO3. The first-order valence-electron chi connectivity index (χ1n) is 8.81. The fourth-order valence-electron chi connectivity index (χ4n) is 3.03. The van der Waals surface area contributed by atoms with Gasteiger partial charge in [0.15, 0.2) is 0 Å². The molecule has 3 rings (SSSR count). The summed E-state index contributed by atoms with van der Waals surface area (Å²) in [7, 11) is 3.25. The maximum atomic E-state index is 12.8. The van der Waals surface area contributed by atoms with Crippen molar-refractivity contribution in [2.75, 3.05) is 14.2 Å². The Morgan fingerprint density at radius 2 is 1.44 bits per heavy atom. The van der Waals surface area contributed by atoms with Gasteiger partial charge in [-0.05, 0) is 29.3 Å². The summed E-state index contributed by atoms with van der Waals surface area (Å²) in [6.07, 6.45) is 0.253. The third-order valence-electron chi connectivity index (χ3n) is 4.43. The van der Waals surface area contributed by atoms with E-state index in [9.17, 15) is 4.79 Å². The zero-order valence-electron chi connectivity index (χ0n) is 15.5. The Kier molecular flexibility index (Phi) is 6.10. The van der Waals surface area contributed by atoms with Gasteiger partial charge in [0.2, 0.25) is 5.91 Å². The Hall–Kier alpha value is -3.27. The highest BCUT2D eigenvalue weighted by Crippen LogP contribution is 2.25. The van der Waals surface area contributed by atoms with Crippen molar-refractivity contribution < 1.29 is 14.3 Å². The predicted octanol–water partition coefficient (Wildman–Crippen LogP) is 4.15. The standard InChI is InChI=1S/C23H23NO3/c1-26-20-14-12-18(13-15-20)23(17-8-4-3-5-9-17)24-22(25)16-19-10-6-7-11-21(19)27-2/h3-15,23H,16H2,1-2H3,(H,24,25)/t23-/m0/s1. The molecule has 3 aromatic carbocycles. The SMILES string of the molecule is COc1ccc([C@@H](NC(=O)Cc2ccccc2OC)c2ccccc2)cc1. The lowest BCUT2D eigenvalue weighted by atomic mass is 9.98. The number of nitrogens with one attached hydrogen (secondary N) is 1. The molecule has 0 aliphatic heterocycles. The molecule has 0 aromatic heterocycles. The number of carbonyl (C=O) groups is 1. The van der Waals surface area contributed by atoms with E-state index < -0.39 is 0 Å².